The highest BCUT2D eigenvalue weighted by Gasteiger charge is 2.46. The summed E-state index contributed by atoms with van der Waals surface area (Å²) >= 11 is 0. The molecule has 1 amide bonds. The molecule has 0 bridgehead atoms. The van der Waals surface area contributed by atoms with Crippen LogP contribution in [0, 0.1) is 5.41 Å². The molecule has 1 aromatic carbocycles. The SMILES string of the molecule is COc1nc(NC2CCC3(CC2)CN(C(C)=O)C3)nc2[nH]cc(-c3ccc4nccnc4c3)c12. The number of fused-ring (bicyclic) bond motifs is 2. The number of carbonyl (C=O) groups excluding carboxylic acids is 1. The third-order valence-electron chi connectivity index (χ3n) is 7.35. The van der Waals surface area contributed by atoms with Crippen molar-refractivity contribution in [2.24, 2.45) is 5.41 Å². The summed E-state index contributed by atoms with van der Waals surface area (Å²) < 4.78 is 5.68. The van der Waals surface area contributed by atoms with Crippen LogP contribution in [0.5, 0.6) is 5.88 Å². The van der Waals surface area contributed by atoms with Crippen LogP contribution < -0.4 is 10.1 Å². The van der Waals surface area contributed by atoms with Crippen molar-refractivity contribution < 1.29 is 9.53 Å². The average molecular weight is 458 g/mol. The second kappa shape index (κ2) is 7.93. The zero-order chi connectivity index (χ0) is 23.3. The highest BCUT2D eigenvalue weighted by molar-refractivity contribution is 5.99. The monoisotopic (exact) mass is 457 g/mol. The summed E-state index contributed by atoms with van der Waals surface area (Å²) in [6.07, 6.45) is 9.65. The number of amides is 1. The number of aromatic nitrogens is 5. The van der Waals surface area contributed by atoms with Crippen LogP contribution in [-0.4, -0.2) is 62.0 Å². The molecule has 9 heteroatoms. The fourth-order valence-electron chi connectivity index (χ4n) is 5.43. The van der Waals surface area contributed by atoms with Crippen molar-refractivity contribution in [3.05, 3.63) is 36.8 Å². The van der Waals surface area contributed by atoms with E-state index >= 15 is 0 Å². The minimum absolute atomic E-state index is 0.182. The molecule has 34 heavy (non-hydrogen) atoms. The molecule has 0 unspecified atom stereocenters. The molecule has 2 fully saturated rings. The van der Waals surface area contributed by atoms with E-state index in [0.717, 1.165) is 72.0 Å². The molecule has 0 radical (unpaired) electrons. The van der Waals surface area contributed by atoms with Gasteiger partial charge in [-0.3, -0.25) is 14.8 Å². The second-order valence-corrected chi connectivity index (χ2v) is 9.54. The molecule has 1 aliphatic heterocycles. The lowest BCUT2D eigenvalue weighted by Gasteiger charge is -2.53. The standard InChI is InChI=1S/C25H27N7O2/c1-15(33)32-13-25(14-32)7-5-17(6-8-25)29-24-30-22-21(23(31-24)34-2)18(12-28-22)16-3-4-19-20(11-16)27-10-9-26-19/h3-4,9-12,17H,5-8,13-14H2,1-2H3,(H2,28,29,30,31). The molecular weight excluding hydrogens is 430 g/mol. The first-order valence-corrected chi connectivity index (χ1v) is 11.7. The van der Waals surface area contributed by atoms with Crippen LogP contribution in [-0.2, 0) is 4.79 Å². The third kappa shape index (κ3) is 3.52. The first-order chi connectivity index (χ1) is 16.5. The number of hydrogen-bond acceptors (Lipinski definition) is 7. The number of ether oxygens (including phenoxy) is 1. The highest BCUT2D eigenvalue weighted by Crippen LogP contribution is 2.44. The van der Waals surface area contributed by atoms with Crippen molar-refractivity contribution in [2.45, 2.75) is 38.6 Å². The molecule has 1 aliphatic carbocycles. The van der Waals surface area contributed by atoms with Crippen molar-refractivity contribution in [3.8, 4) is 17.0 Å². The van der Waals surface area contributed by atoms with E-state index in [9.17, 15) is 4.79 Å². The topological polar surface area (TPSA) is 109 Å². The highest BCUT2D eigenvalue weighted by atomic mass is 16.5. The molecule has 4 aromatic rings. The molecular formula is C25H27N7O2. The van der Waals surface area contributed by atoms with Gasteiger partial charge in [0.25, 0.3) is 0 Å². The summed E-state index contributed by atoms with van der Waals surface area (Å²) in [5.41, 5.74) is 4.69. The number of carbonyl (C=O) groups is 1. The van der Waals surface area contributed by atoms with Gasteiger partial charge in [-0.25, -0.2) is 0 Å². The molecule has 174 valence electrons. The lowest BCUT2D eigenvalue weighted by atomic mass is 9.67. The van der Waals surface area contributed by atoms with Gasteiger partial charge in [0, 0.05) is 55.6 Å². The fourth-order valence-corrected chi connectivity index (χ4v) is 5.43. The Balaban J connectivity index is 1.23. The van der Waals surface area contributed by atoms with E-state index in [0.29, 0.717) is 23.3 Å². The Morgan fingerprint density at radius 3 is 2.65 bits per heavy atom. The number of H-pyrrole nitrogens is 1. The maximum atomic E-state index is 11.6. The maximum absolute atomic E-state index is 11.6. The minimum atomic E-state index is 0.182. The Morgan fingerprint density at radius 1 is 1.15 bits per heavy atom. The van der Waals surface area contributed by atoms with E-state index in [2.05, 4.69) is 20.3 Å². The summed E-state index contributed by atoms with van der Waals surface area (Å²) in [4.78, 5) is 35.0. The lowest BCUT2D eigenvalue weighted by Crippen LogP contribution is -2.59. The summed E-state index contributed by atoms with van der Waals surface area (Å²) in [6.45, 7) is 3.45. The molecule has 2 aliphatic rings. The van der Waals surface area contributed by atoms with Crippen LogP contribution >= 0.6 is 0 Å². The van der Waals surface area contributed by atoms with E-state index in [1.54, 1.807) is 26.4 Å². The van der Waals surface area contributed by atoms with Gasteiger partial charge in [0.1, 0.15) is 5.65 Å². The van der Waals surface area contributed by atoms with Gasteiger partial charge in [0.2, 0.25) is 17.7 Å². The number of benzene rings is 1. The fraction of sp³-hybridized carbons (Fsp3) is 0.400. The molecule has 4 heterocycles. The number of likely N-dealkylation sites (tertiary alicyclic amines) is 1. The van der Waals surface area contributed by atoms with Crippen molar-refractivity contribution in [1.82, 2.24) is 29.8 Å². The van der Waals surface area contributed by atoms with Gasteiger partial charge >= 0.3 is 0 Å². The Bertz CT molecular complexity index is 1380. The Kier molecular flexibility index (Phi) is 4.86. The largest absolute Gasteiger partial charge is 0.480 e. The number of aromatic amines is 1. The Morgan fingerprint density at radius 2 is 1.91 bits per heavy atom. The summed E-state index contributed by atoms with van der Waals surface area (Å²) in [6, 6.07) is 6.32. The van der Waals surface area contributed by atoms with E-state index < -0.39 is 0 Å². The number of hydrogen-bond donors (Lipinski definition) is 2. The van der Waals surface area contributed by atoms with Crippen LogP contribution in [0.15, 0.2) is 36.8 Å². The predicted octanol–water partition coefficient (Wildman–Crippen LogP) is 3.78. The van der Waals surface area contributed by atoms with E-state index in [1.807, 2.05) is 29.3 Å². The quantitative estimate of drug-likeness (QED) is 0.480. The van der Waals surface area contributed by atoms with Crippen molar-refractivity contribution >= 4 is 33.9 Å². The van der Waals surface area contributed by atoms with Crippen molar-refractivity contribution in [2.75, 3.05) is 25.5 Å². The molecule has 6 rings (SSSR count). The summed E-state index contributed by atoms with van der Waals surface area (Å²) in [5.74, 6) is 1.29. The van der Waals surface area contributed by atoms with Crippen LogP contribution in [0.4, 0.5) is 5.95 Å². The van der Waals surface area contributed by atoms with Gasteiger partial charge in [-0.05, 0) is 43.4 Å². The summed E-state index contributed by atoms with van der Waals surface area (Å²) in [7, 11) is 1.63. The number of anilines is 1. The molecule has 0 atom stereocenters. The predicted molar refractivity (Wildman–Crippen MR) is 130 cm³/mol. The third-order valence-corrected chi connectivity index (χ3v) is 7.35. The van der Waals surface area contributed by atoms with Crippen LogP contribution in [0.1, 0.15) is 32.6 Å². The molecule has 1 saturated heterocycles. The van der Waals surface area contributed by atoms with Crippen molar-refractivity contribution in [1.29, 1.82) is 0 Å². The number of rotatable bonds is 4. The number of nitrogens with zero attached hydrogens (tertiary/aromatic N) is 5. The van der Waals surface area contributed by atoms with E-state index in [4.69, 9.17) is 14.7 Å². The van der Waals surface area contributed by atoms with E-state index in [-0.39, 0.29) is 5.91 Å². The van der Waals surface area contributed by atoms with Gasteiger partial charge in [0.05, 0.1) is 23.5 Å². The summed E-state index contributed by atoms with van der Waals surface area (Å²) in [5, 5.41) is 4.36. The molecule has 2 N–H and O–H groups in total. The Labute approximate surface area is 197 Å². The maximum Gasteiger partial charge on any atom is 0.228 e. The number of methoxy groups -OCH3 is 1. The van der Waals surface area contributed by atoms with Gasteiger partial charge in [-0.1, -0.05) is 6.07 Å². The van der Waals surface area contributed by atoms with Gasteiger partial charge in [-0.2, -0.15) is 9.97 Å². The van der Waals surface area contributed by atoms with Gasteiger partial charge in [-0.15, -0.1) is 0 Å². The van der Waals surface area contributed by atoms with Crippen LogP contribution in [0.2, 0.25) is 0 Å². The second-order valence-electron chi connectivity index (χ2n) is 9.54. The van der Waals surface area contributed by atoms with Crippen LogP contribution in [0.25, 0.3) is 33.2 Å². The lowest BCUT2D eigenvalue weighted by molar-refractivity contribution is -0.143. The number of nitrogens with one attached hydrogen (secondary N) is 2. The zero-order valence-corrected chi connectivity index (χ0v) is 19.3. The first kappa shape index (κ1) is 20.8. The van der Waals surface area contributed by atoms with Crippen molar-refractivity contribution in [3.63, 3.8) is 0 Å². The first-order valence-electron chi connectivity index (χ1n) is 11.7. The van der Waals surface area contributed by atoms with Crippen LogP contribution in [0.3, 0.4) is 0 Å². The van der Waals surface area contributed by atoms with Gasteiger partial charge < -0.3 is 19.9 Å². The molecule has 1 saturated carbocycles. The normalized spacial score (nSPS) is 17.8. The minimum Gasteiger partial charge on any atom is -0.480 e. The van der Waals surface area contributed by atoms with E-state index in [1.165, 1.54) is 0 Å². The molecule has 1 spiro atoms. The Hall–Kier alpha value is -3.75. The molecule has 3 aromatic heterocycles. The zero-order valence-electron chi connectivity index (χ0n) is 19.3. The smallest absolute Gasteiger partial charge is 0.228 e. The molecule has 9 nitrogen and oxygen atoms in total. The average Bonchev–Trinajstić information content (AvgIpc) is 3.26. The van der Waals surface area contributed by atoms with Gasteiger partial charge in [0.15, 0.2) is 0 Å².